The molecule has 1 aromatic heterocycles. The molecule has 35 heavy (non-hydrogen) atoms. The fourth-order valence-electron chi connectivity index (χ4n) is 3.36. The van der Waals surface area contributed by atoms with Gasteiger partial charge in [0.25, 0.3) is 5.91 Å². The van der Waals surface area contributed by atoms with Gasteiger partial charge >= 0.3 is 6.18 Å². The van der Waals surface area contributed by atoms with Crippen molar-refractivity contribution in [3.8, 4) is 11.5 Å². The van der Waals surface area contributed by atoms with Crippen molar-refractivity contribution in [2.75, 3.05) is 10.6 Å². The molecule has 2 N–H and O–H groups in total. The molecule has 5 rings (SSSR count). The van der Waals surface area contributed by atoms with Crippen molar-refractivity contribution < 1.29 is 27.5 Å². The Kier molecular flexibility index (Phi) is 5.89. The minimum atomic E-state index is -4.44. The maximum absolute atomic E-state index is 12.7. The summed E-state index contributed by atoms with van der Waals surface area (Å²) in [4.78, 5) is 29.0. The van der Waals surface area contributed by atoms with Crippen molar-refractivity contribution in [3.63, 3.8) is 0 Å². The molecule has 0 saturated heterocycles. The van der Waals surface area contributed by atoms with Crippen molar-refractivity contribution in [1.82, 2.24) is 4.98 Å². The molecule has 1 fully saturated rings. The van der Waals surface area contributed by atoms with Gasteiger partial charge < -0.3 is 15.4 Å². The van der Waals surface area contributed by atoms with Crippen LogP contribution in [0, 0.1) is 5.92 Å². The molecule has 1 heterocycles. The molecule has 3 aromatic carbocycles. The van der Waals surface area contributed by atoms with Crippen LogP contribution in [0.5, 0.6) is 11.5 Å². The van der Waals surface area contributed by atoms with Gasteiger partial charge in [-0.05, 0) is 67.4 Å². The number of carbonyl (C=O) groups excluding carboxylic acids is 2. The Morgan fingerprint density at radius 2 is 1.69 bits per heavy atom. The van der Waals surface area contributed by atoms with Gasteiger partial charge in [-0.2, -0.15) is 13.2 Å². The number of nitrogens with one attached hydrogen (secondary N) is 2. The normalized spacial score (nSPS) is 13.5. The van der Waals surface area contributed by atoms with Gasteiger partial charge in [-0.25, -0.2) is 4.98 Å². The number of hydrogen-bond donors (Lipinski definition) is 2. The van der Waals surface area contributed by atoms with Crippen LogP contribution in [0.15, 0.2) is 66.7 Å². The lowest BCUT2D eigenvalue weighted by atomic mass is 10.1. The van der Waals surface area contributed by atoms with Gasteiger partial charge in [-0.3, -0.25) is 9.59 Å². The molecule has 0 bridgehead atoms. The van der Waals surface area contributed by atoms with E-state index in [9.17, 15) is 22.8 Å². The van der Waals surface area contributed by atoms with Gasteiger partial charge in [0, 0.05) is 23.2 Å². The zero-order valence-electron chi connectivity index (χ0n) is 18.1. The van der Waals surface area contributed by atoms with Crippen LogP contribution in [0.25, 0.3) is 10.2 Å². The van der Waals surface area contributed by atoms with Crippen LogP contribution in [0.1, 0.15) is 28.8 Å². The number of benzene rings is 3. The van der Waals surface area contributed by atoms with Crippen molar-refractivity contribution in [3.05, 3.63) is 77.9 Å². The second kappa shape index (κ2) is 9.03. The lowest BCUT2D eigenvalue weighted by Crippen LogP contribution is -2.12. The van der Waals surface area contributed by atoms with Crippen LogP contribution in [-0.4, -0.2) is 16.8 Å². The predicted molar refractivity (Wildman–Crippen MR) is 127 cm³/mol. The highest BCUT2D eigenvalue weighted by Gasteiger charge is 2.30. The summed E-state index contributed by atoms with van der Waals surface area (Å²) < 4.78 is 44.9. The van der Waals surface area contributed by atoms with E-state index >= 15 is 0 Å². The van der Waals surface area contributed by atoms with E-state index in [2.05, 4.69) is 15.6 Å². The molecule has 1 saturated carbocycles. The first kappa shape index (κ1) is 22.9. The first-order valence-electron chi connectivity index (χ1n) is 10.7. The highest BCUT2D eigenvalue weighted by atomic mass is 32.1. The number of carbonyl (C=O) groups is 2. The number of ether oxygens (including phenoxy) is 1. The molecule has 0 atom stereocenters. The zero-order chi connectivity index (χ0) is 24.6. The van der Waals surface area contributed by atoms with Crippen molar-refractivity contribution in [2.24, 2.45) is 5.92 Å². The Balaban J connectivity index is 1.27. The highest BCUT2D eigenvalue weighted by molar-refractivity contribution is 7.22. The molecule has 1 aliphatic rings. The maximum atomic E-state index is 12.7. The Morgan fingerprint density at radius 3 is 2.40 bits per heavy atom. The number of thiazole rings is 1. The van der Waals surface area contributed by atoms with Crippen molar-refractivity contribution in [1.29, 1.82) is 0 Å². The quantitative estimate of drug-likeness (QED) is 0.310. The Morgan fingerprint density at radius 1 is 0.943 bits per heavy atom. The van der Waals surface area contributed by atoms with Crippen LogP contribution in [0.4, 0.5) is 24.0 Å². The SMILES string of the molecule is O=C(Nc1ccc(C(F)(F)F)cc1)c1cccc(Oc2ccc3nc(NC(=O)C4CC4)sc3c2)c1. The highest BCUT2D eigenvalue weighted by Crippen LogP contribution is 2.34. The smallest absolute Gasteiger partial charge is 0.416 e. The number of rotatable bonds is 6. The lowest BCUT2D eigenvalue weighted by molar-refractivity contribution is -0.137. The average Bonchev–Trinajstić information content (AvgIpc) is 3.60. The van der Waals surface area contributed by atoms with E-state index in [0.29, 0.717) is 16.6 Å². The van der Waals surface area contributed by atoms with E-state index in [0.717, 1.165) is 35.2 Å². The molecule has 1 aliphatic carbocycles. The summed E-state index contributed by atoms with van der Waals surface area (Å²) in [6.07, 6.45) is -2.62. The largest absolute Gasteiger partial charge is 0.457 e. The standard InChI is InChI=1S/C25H18F3N3O3S/c26-25(27,28)16-6-8-17(9-7-16)29-23(33)15-2-1-3-18(12-15)34-19-10-11-20-21(13-19)35-24(30-20)31-22(32)14-4-5-14/h1-3,6-14H,4-5H2,(H,29,33)(H,30,31,32). The molecule has 6 nitrogen and oxygen atoms in total. The summed E-state index contributed by atoms with van der Waals surface area (Å²) >= 11 is 1.35. The predicted octanol–water partition coefficient (Wildman–Crippen LogP) is 6.71. The van der Waals surface area contributed by atoms with Gasteiger partial charge in [0.2, 0.25) is 5.91 Å². The summed E-state index contributed by atoms with van der Waals surface area (Å²) in [6.45, 7) is 0. The first-order valence-corrected chi connectivity index (χ1v) is 11.5. The Bertz CT molecular complexity index is 1410. The summed E-state index contributed by atoms with van der Waals surface area (Å²) in [6, 6.07) is 16.0. The summed E-state index contributed by atoms with van der Waals surface area (Å²) in [5.41, 5.74) is 0.472. The zero-order valence-corrected chi connectivity index (χ0v) is 18.9. The fraction of sp³-hybridized carbons (Fsp3) is 0.160. The molecule has 0 radical (unpaired) electrons. The number of halogens is 3. The number of alkyl halides is 3. The van der Waals surface area contributed by atoms with Gasteiger partial charge in [-0.1, -0.05) is 17.4 Å². The number of anilines is 2. The van der Waals surface area contributed by atoms with Crippen LogP contribution >= 0.6 is 11.3 Å². The Labute approximate surface area is 201 Å². The minimum Gasteiger partial charge on any atom is -0.457 e. The van der Waals surface area contributed by atoms with Gasteiger partial charge in [0.1, 0.15) is 11.5 Å². The topological polar surface area (TPSA) is 80.3 Å². The molecule has 0 aliphatic heterocycles. The van der Waals surface area contributed by atoms with Crippen LogP contribution in [0.2, 0.25) is 0 Å². The third kappa shape index (κ3) is 5.43. The van der Waals surface area contributed by atoms with E-state index < -0.39 is 17.6 Å². The first-order chi connectivity index (χ1) is 16.7. The van der Waals surface area contributed by atoms with Gasteiger partial charge in [0.05, 0.1) is 15.8 Å². The molecular formula is C25H18F3N3O3S. The maximum Gasteiger partial charge on any atom is 0.416 e. The van der Waals surface area contributed by atoms with E-state index in [1.165, 1.54) is 29.5 Å². The number of aromatic nitrogens is 1. The van der Waals surface area contributed by atoms with E-state index in [-0.39, 0.29) is 23.1 Å². The molecule has 4 aromatic rings. The minimum absolute atomic E-state index is 0.00748. The number of nitrogens with zero attached hydrogens (tertiary/aromatic N) is 1. The Hall–Kier alpha value is -3.92. The van der Waals surface area contributed by atoms with Crippen molar-refractivity contribution >= 4 is 44.2 Å². The summed E-state index contributed by atoms with van der Waals surface area (Å²) in [7, 11) is 0. The molecule has 178 valence electrons. The van der Waals surface area contributed by atoms with E-state index in [4.69, 9.17) is 4.74 Å². The van der Waals surface area contributed by atoms with Gasteiger partial charge in [0.15, 0.2) is 5.13 Å². The second-order valence-corrected chi connectivity index (χ2v) is 9.10. The average molecular weight is 497 g/mol. The monoisotopic (exact) mass is 497 g/mol. The van der Waals surface area contributed by atoms with Crippen LogP contribution < -0.4 is 15.4 Å². The second-order valence-electron chi connectivity index (χ2n) is 8.07. The molecule has 0 spiro atoms. The van der Waals surface area contributed by atoms with Crippen molar-refractivity contribution in [2.45, 2.75) is 19.0 Å². The number of fused-ring (bicyclic) bond motifs is 1. The number of hydrogen-bond acceptors (Lipinski definition) is 5. The molecule has 0 unspecified atom stereocenters. The van der Waals surface area contributed by atoms with Crippen LogP contribution in [0.3, 0.4) is 0 Å². The summed E-state index contributed by atoms with van der Waals surface area (Å²) in [5.74, 6) is 0.540. The molecule has 10 heteroatoms. The van der Waals surface area contributed by atoms with Crippen LogP contribution in [-0.2, 0) is 11.0 Å². The molecule has 2 amide bonds. The van der Waals surface area contributed by atoms with Gasteiger partial charge in [-0.15, -0.1) is 0 Å². The van der Waals surface area contributed by atoms with E-state index in [1.807, 2.05) is 0 Å². The molecular weight excluding hydrogens is 479 g/mol. The number of amides is 2. The lowest BCUT2D eigenvalue weighted by Gasteiger charge is -2.10. The third-order valence-corrected chi connectivity index (χ3v) is 6.27. The third-order valence-electron chi connectivity index (χ3n) is 5.34. The summed E-state index contributed by atoms with van der Waals surface area (Å²) in [5, 5.41) is 5.96. The fourth-order valence-corrected chi connectivity index (χ4v) is 4.25. The van der Waals surface area contributed by atoms with E-state index in [1.54, 1.807) is 36.4 Å².